The van der Waals surface area contributed by atoms with E-state index in [9.17, 15) is 14.4 Å². The lowest BCUT2D eigenvalue weighted by atomic mass is 10.1. The van der Waals surface area contributed by atoms with Gasteiger partial charge in [0.05, 0.1) is 11.1 Å². The van der Waals surface area contributed by atoms with Crippen molar-refractivity contribution in [2.75, 3.05) is 0 Å². The minimum absolute atomic E-state index is 0.101. The molecule has 3 heterocycles. The Kier molecular flexibility index (Phi) is 2.70. The molecule has 1 aliphatic heterocycles. The second kappa shape index (κ2) is 4.73. The summed E-state index contributed by atoms with van der Waals surface area (Å²) in [6.07, 6.45) is 1.34. The van der Waals surface area contributed by atoms with Crippen LogP contribution in [-0.2, 0) is 4.84 Å². The standard InChI is InChI=1S/C15H8N4O4/c20-13-9-4-1-2-5-10(9)14(21)19(13)23-15(22)11-6-3-7-12-17-16-8-18(11)12/h1-8H. The number of carbonyl (C=O) groups excluding carboxylic acids is 3. The maximum Gasteiger partial charge on any atom is 0.380 e. The lowest BCUT2D eigenvalue weighted by Crippen LogP contribution is -2.33. The maximum absolute atomic E-state index is 12.3. The number of fused-ring (bicyclic) bond motifs is 2. The van der Waals surface area contributed by atoms with Crippen LogP contribution in [0.4, 0.5) is 0 Å². The number of aromatic nitrogens is 3. The van der Waals surface area contributed by atoms with Gasteiger partial charge in [-0.05, 0) is 24.3 Å². The molecule has 0 radical (unpaired) electrons. The second-order valence-corrected chi connectivity index (χ2v) is 4.80. The van der Waals surface area contributed by atoms with E-state index in [2.05, 4.69) is 10.2 Å². The number of hydroxylamine groups is 2. The molecule has 1 aliphatic rings. The van der Waals surface area contributed by atoms with Crippen LogP contribution in [-0.4, -0.2) is 37.4 Å². The van der Waals surface area contributed by atoms with E-state index in [-0.39, 0.29) is 16.8 Å². The number of rotatable bonds is 2. The van der Waals surface area contributed by atoms with Crippen molar-refractivity contribution in [3.8, 4) is 0 Å². The van der Waals surface area contributed by atoms with Crippen LogP contribution in [0.3, 0.4) is 0 Å². The van der Waals surface area contributed by atoms with Crippen LogP contribution in [0.1, 0.15) is 31.2 Å². The fourth-order valence-electron chi connectivity index (χ4n) is 2.39. The van der Waals surface area contributed by atoms with Gasteiger partial charge in [-0.15, -0.1) is 10.2 Å². The first-order valence-electron chi connectivity index (χ1n) is 6.65. The van der Waals surface area contributed by atoms with Crippen molar-refractivity contribution in [3.05, 3.63) is 65.6 Å². The molecule has 3 aromatic rings. The summed E-state index contributed by atoms with van der Waals surface area (Å²) in [6, 6.07) is 11.0. The first-order valence-corrected chi connectivity index (χ1v) is 6.65. The summed E-state index contributed by atoms with van der Waals surface area (Å²) in [5.74, 6) is -2.20. The van der Waals surface area contributed by atoms with Gasteiger partial charge >= 0.3 is 5.97 Å². The molecule has 1 aromatic carbocycles. The molecule has 8 nitrogen and oxygen atoms in total. The highest BCUT2D eigenvalue weighted by atomic mass is 16.7. The third-order valence-corrected chi connectivity index (χ3v) is 3.47. The van der Waals surface area contributed by atoms with Crippen molar-refractivity contribution >= 4 is 23.4 Å². The molecule has 2 amide bonds. The van der Waals surface area contributed by atoms with Crippen molar-refractivity contribution < 1.29 is 19.2 Å². The van der Waals surface area contributed by atoms with Gasteiger partial charge in [0.25, 0.3) is 11.8 Å². The molecule has 0 unspecified atom stereocenters. The van der Waals surface area contributed by atoms with Gasteiger partial charge in [0.2, 0.25) is 0 Å². The predicted molar refractivity (Wildman–Crippen MR) is 75.3 cm³/mol. The molecule has 0 fully saturated rings. The van der Waals surface area contributed by atoms with Crippen LogP contribution in [0.15, 0.2) is 48.8 Å². The molecule has 0 saturated heterocycles. The van der Waals surface area contributed by atoms with E-state index in [1.54, 1.807) is 24.3 Å². The molecule has 2 aromatic heterocycles. The molecule has 112 valence electrons. The summed E-state index contributed by atoms with van der Waals surface area (Å²) >= 11 is 0. The number of nitrogens with zero attached hydrogens (tertiary/aromatic N) is 4. The molecule has 0 spiro atoms. The number of hydrogen-bond acceptors (Lipinski definition) is 6. The van der Waals surface area contributed by atoms with Gasteiger partial charge < -0.3 is 4.84 Å². The summed E-state index contributed by atoms with van der Waals surface area (Å²) in [4.78, 5) is 41.7. The Labute approximate surface area is 128 Å². The molecule has 0 atom stereocenters. The van der Waals surface area contributed by atoms with Crippen molar-refractivity contribution in [2.45, 2.75) is 0 Å². The van der Waals surface area contributed by atoms with Gasteiger partial charge in [0.15, 0.2) is 5.65 Å². The van der Waals surface area contributed by atoms with E-state index < -0.39 is 17.8 Å². The van der Waals surface area contributed by atoms with Gasteiger partial charge in [-0.3, -0.25) is 14.0 Å². The van der Waals surface area contributed by atoms with E-state index in [4.69, 9.17) is 4.84 Å². The van der Waals surface area contributed by atoms with Crippen molar-refractivity contribution in [1.29, 1.82) is 0 Å². The Morgan fingerprint density at radius 2 is 1.65 bits per heavy atom. The number of benzene rings is 1. The SMILES string of the molecule is O=C(ON1C(=O)c2ccccc2C1=O)c1cccc2nncn12. The molecule has 0 bridgehead atoms. The van der Waals surface area contributed by atoms with Crippen molar-refractivity contribution in [1.82, 2.24) is 19.7 Å². The van der Waals surface area contributed by atoms with Crippen LogP contribution >= 0.6 is 0 Å². The summed E-state index contributed by atoms with van der Waals surface area (Å²) in [5.41, 5.74) is 0.950. The van der Waals surface area contributed by atoms with Crippen molar-refractivity contribution in [3.63, 3.8) is 0 Å². The number of pyridine rings is 1. The van der Waals surface area contributed by atoms with E-state index in [0.717, 1.165) is 0 Å². The third-order valence-electron chi connectivity index (χ3n) is 3.47. The largest absolute Gasteiger partial charge is 0.380 e. The van der Waals surface area contributed by atoms with Crippen LogP contribution in [0.5, 0.6) is 0 Å². The fourth-order valence-corrected chi connectivity index (χ4v) is 2.39. The van der Waals surface area contributed by atoms with Crippen LogP contribution in [0.2, 0.25) is 0 Å². The summed E-state index contributed by atoms with van der Waals surface area (Å²) in [6.45, 7) is 0. The number of carbonyl (C=O) groups is 3. The summed E-state index contributed by atoms with van der Waals surface area (Å²) < 4.78 is 1.40. The fraction of sp³-hybridized carbons (Fsp3) is 0. The van der Waals surface area contributed by atoms with Gasteiger partial charge in [-0.1, -0.05) is 23.3 Å². The highest BCUT2D eigenvalue weighted by molar-refractivity contribution is 6.21. The summed E-state index contributed by atoms with van der Waals surface area (Å²) in [5, 5.41) is 7.98. The predicted octanol–water partition coefficient (Wildman–Crippen LogP) is 1.10. The van der Waals surface area contributed by atoms with Crippen LogP contribution in [0, 0.1) is 0 Å². The van der Waals surface area contributed by atoms with E-state index in [1.807, 2.05) is 0 Å². The monoisotopic (exact) mass is 308 g/mol. The Bertz CT molecular complexity index is 943. The Morgan fingerprint density at radius 3 is 2.35 bits per heavy atom. The van der Waals surface area contributed by atoms with Crippen molar-refractivity contribution in [2.24, 2.45) is 0 Å². The zero-order chi connectivity index (χ0) is 16.0. The molecule has 0 aliphatic carbocycles. The topological polar surface area (TPSA) is 93.9 Å². The number of amides is 2. The molecule has 4 rings (SSSR count). The third kappa shape index (κ3) is 1.89. The van der Waals surface area contributed by atoms with E-state index in [0.29, 0.717) is 10.7 Å². The molecule has 0 saturated carbocycles. The average molecular weight is 308 g/mol. The Balaban J connectivity index is 1.67. The lowest BCUT2D eigenvalue weighted by molar-refractivity contribution is -0.0589. The average Bonchev–Trinajstić information content (AvgIpc) is 3.14. The Morgan fingerprint density at radius 1 is 0.957 bits per heavy atom. The lowest BCUT2D eigenvalue weighted by Gasteiger charge is -2.13. The number of hydrogen-bond donors (Lipinski definition) is 0. The molecule has 0 N–H and O–H groups in total. The Hall–Kier alpha value is -3.55. The normalized spacial score (nSPS) is 13.5. The zero-order valence-electron chi connectivity index (χ0n) is 11.5. The molecular formula is C15H8N4O4. The smallest absolute Gasteiger partial charge is 0.323 e. The quantitative estimate of drug-likeness (QED) is 0.658. The van der Waals surface area contributed by atoms with Gasteiger partial charge in [0.1, 0.15) is 12.0 Å². The van der Waals surface area contributed by atoms with Gasteiger partial charge in [-0.2, -0.15) is 0 Å². The van der Waals surface area contributed by atoms with Gasteiger partial charge in [-0.25, -0.2) is 4.79 Å². The number of imide groups is 1. The molecular weight excluding hydrogens is 300 g/mol. The van der Waals surface area contributed by atoms with E-state index >= 15 is 0 Å². The van der Waals surface area contributed by atoms with Crippen LogP contribution in [0.25, 0.3) is 5.65 Å². The highest BCUT2D eigenvalue weighted by Gasteiger charge is 2.39. The second-order valence-electron chi connectivity index (χ2n) is 4.80. The van der Waals surface area contributed by atoms with Crippen LogP contribution < -0.4 is 0 Å². The summed E-state index contributed by atoms with van der Waals surface area (Å²) in [7, 11) is 0. The molecule has 23 heavy (non-hydrogen) atoms. The first-order chi connectivity index (χ1) is 11.2. The minimum Gasteiger partial charge on any atom is -0.323 e. The maximum atomic E-state index is 12.3. The van der Waals surface area contributed by atoms with E-state index in [1.165, 1.54) is 28.9 Å². The first kappa shape index (κ1) is 13.1. The highest BCUT2D eigenvalue weighted by Crippen LogP contribution is 2.23. The zero-order valence-corrected chi connectivity index (χ0v) is 11.5. The minimum atomic E-state index is -0.857. The van der Waals surface area contributed by atoms with Gasteiger partial charge in [0, 0.05) is 0 Å². The molecule has 8 heteroatoms.